The number of carbonyl (C=O) groups is 4. The number of nitrogens with zero attached hydrogens (tertiary/aromatic N) is 6. The van der Waals surface area contributed by atoms with Crippen LogP contribution in [0.5, 0.6) is 0 Å². The average Bonchev–Trinajstić information content (AvgIpc) is 3.29. The van der Waals surface area contributed by atoms with Gasteiger partial charge in [-0.15, -0.1) is 12.4 Å². The molecule has 3 saturated heterocycles. The molecule has 2 aromatic rings. The van der Waals surface area contributed by atoms with E-state index in [1.54, 1.807) is 41.4 Å². The molecule has 4 amide bonds. The van der Waals surface area contributed by atoms with Gasteiger partial charge in [0.2, 0.25) is 17.7 Å². The van der Waals surface area contributed by atoms with Crippen LogP contribution >= 0.6 is 36.2 Å². The summed E-state index contributed by atoms with van der Waals surface area (Å²) in [6.07, 6.45) is 8.75. The number of hydrogen-bond acceptors (Lipinski definition) is 9. The van der Waals surface area contributed by atoms with Crippen LogP contribution in [0, 0.1) is 17.2 Å². The Hall–Kier alpha value is -3.67. The largest absolute Gasteiger partial charge is 0.331 e. The zero-order valence-corrected chi connectivity index (χ0v) is 33.7. The number of rotatable bonds is 10. The Morgan fingerprint density at radius 1 is 1.07 bits per heavy atom. The van der Waals surface area contributed by atoms with E-state index in [2.05, 4.69) is 50.2 Å². The van der Waals surface area contributed by atoms with E-state index >= 15 is 0 Å². The topological polar surface area (TPSA) is 142 Å². The minimum atomic E-state index is -0.770. The molecule has 1 saturated carbocycles. The molecule has 12 nitrogen and oxygen atoms in total. The predicted octanol–water partition coefficient (Wildman–Crippen LogP) is 5.63. The summed E-state index contributed by atoms with van der Waals surface area (Å²) in [5.74, 6) is -0.583. The van der Waals surface area contributed by atoms with E-state index in [9.17, 15) is 24.4 Å². The third-order valence-corrected chi connectivity index (χ3v) is 12.2. The maximum atomic E-state index is 13.6. The molecule has 3 atom stereocenters. The van der Waals surface area contributed by atoms with Crippen molar-refractivity contribution in [2.24, 2.45) is 5.92 Å². The summed E-state index contributed by atoms with van der Waals surface area (Å²) in [6.45, 7) is 11.4. The fourth-order valence-corrected chi connectivity index (χ4v) is 9.45. The van der Waals surface area contributed by atoms with Gasteiger partial charge in [-0.25, -0.2) is 0 Å². The van der Waals surface area contributed by atoms with Gasteiger partial charge in [0, 0.05) is 37.6 Å². The fourth-order valence-electron chi connectivity index (χ4n) is 8.67. The number of piperidine rings is 1. The monoisotopic (exact) mass is 796 g/mol. The first-order chi connectivity index (χ1) is 25.3. The highest BCUT2D eigenvalue weighted by Crippen LogP contribution is 2.40. The van der Waals surface area contributed by atoms with Gasteiger partial charge in [-0.1, -0.05) is 11.6 Å². The van der Waals surface area contributed by atoms with Crippen LogP contribution in [0.15, 0.2) is 36.5 Å². The lowest BCUT2D eigenvalue weighted by molar-refractivity contribution is -0.134. The minimum Gasteiger partial charge on any atom is -0.331 e. The van der Waals surface area contributed by atoms with Gasteiger partial charge in [0.05, 0.1) is 46.3 Å². The lowest BCUT2D eigenvalue weighted by Gasteiger charge is -2.44. The van der Waals surface area contributed by atoms with Crippen LogP contribution in [0.2, 0.25) is 5.02 Å². The SMILES string of the molecule is C[C@@H]1CN(CCCC2CCC(N3C(=S)N(c4ccc(C#N)c(Cl)c4)C(=O)C3(C)C)CC2)C[C@H](C)N1CC(=O)Nc1ccc(C2CCC(=O)NC2=O)nc1.Cl. The first kappa shape index (κ1) is 41.5. The smallest absolute Gasteiger partial charge is 0.258 e. The van der Waals surface area contributed by atoms with E-state index in [0.717, 1.165) is 58.2 Å². The third kappa shape index (κ3) is 8.89. The molecule has 4 aliphatic rings. The first-order valence-corrected chi connectivity index (χ1v) is 19.5. The van der Waals surface area contributed by atoms with Gasteiger partial charge in [0.1, 0.15) is 11.6 Å². The van der Waals surface area contributed by atoms with Crippen molar-refractivity contribution in [3.8, 4) is 6.07 Å². The molecule has 4 fully saturated rings. The zero-order valence-electron chi connectivity index (χ0n) is 31.3. The summed E-state index contributed by atoms with van der Waals surface area (Å²) >= 11 is 12.2. The highest BCUT2D eigenvalue weighted by molar-refractivity contribution is 7.80. The van der Waals surface area contributed by atoms with Crippen molar-refractivity contribution in [2.45, 2.75) is 109 Å². The number of carbonyl (C=O) groups excluding carboxylic acids is 4. The molecule has 1 aromatic heterocycles. The number of imide groups is 1. The molecule has 0 bridgehead atoms. The number of piperazine rings is 1. The third-order valence-electron chi connectivity index (χ3n) is 11.5. The van der Waals surface area contributed by atoms with Gasteiger partial charge in [-0.3, -0.25) is 39.3 Å². The second kappa shape index (κ2) is 17.4. The van der Waals surface area contributed by atoms with Crippen molar-refractivity contribution >= 4 is 76.3 Å². The normalized spacial score (nSPS) is 26.3. The van der Waals surface area contributed by atoms with Crippen molar-refractivity contribution in [3.63, 3.8) is 0 Å². The highest BCUT2D eigenvalue weighted by atomic mass is 35.5. The lowest BCUT2D eigenvalue weighted by Crippen LogP contribution is -2.58. The minimum absolute atomic E-state index is 0. The molecule has 0 radical (unpaired) electrons. The number of nitriles is 1. The summed E-state index contributed by atoms with van der Waals surface area (Å²) in [6, 6.07) is 11.2. The van der Waals surface area contributed by atoms with E-state index in [1.165, 1.54) is 0 Å². The Morgan fingerprint density at radius 2 is 1.78 bits per heavy atom. The summed E-state index contributed by atoms with van der Waals surface area (Å²) < 4.78 is 0. The summed E-state index contributed by atoms with van der Waals surface area (Å²) in [5.41, 5.74) is 1.35. The van der Waals surface area contributed by atoms with Crippen LogP contribution < -0.4 is 15.5 Å². The molecule has 4 heterocycles. The number of thiocarbonyl (C=S) groups is 1. The lowest BCUT2D eigenvalue weighted by atomic mass is 9.82. The Bertz CT molecular complexity index is 1780. The molecule has 6 rings (SSSR count). The standard InChI is InChI=1S/C39H49ClN8O4S.ClH/c1-24-21-45(22-25(2)46(24)23-35(50)43-28-10-15-33(42-20-28)31-14-16-34(49)44-36(31)51)17-5-6-26-7-11-29(12-8-26)48-38(53)47(37(52)39(48,3)4)30-13-9-27(19-41)32(40)18-30;/h9-10,13,15,18,20,24-26,29,31H,5-8,11-12,14,16-17,21-23H2,1-4H3,(H,43,50)(H,44,49,51);1H/t24-,25+,26?,29?,31?;. The molecule has 1 aromatic carbocycles. The molecule has 2 N–H and O–H groups in total. The van der Waals surface area contributed by atoms with Crippen molar-refractivity contribution in [3.05, 3.63) is 52.8 Å². The predicted molar refractivity (Wildman–Crippen MR) is 214 cm³/mol. The molecular formula is C39H50Cl2N8O4S. The first-order valence-electron chi connectivity index (χ1n) is 18.7. The van der Waals surface area contributed by atoms with Gasteiger partial charge in [0.25, 0.3) is 5.91 Å². The quantitative estimate of drug-likeness (QED) is 0.230. The van der Waals surface area contributed by atoms with Crippen molar-refractivity contribution in [1.82, 2.24) is 25.0 Å². The van der Waals surface area contributed by atoms with E-state index in [0.29, 0.717) is 51.5 Å². The Kier molecular flexibility index (Phi) is 13.4. The van der Waals surface area contributed by atoms with E-state index in [1.807, 2.05) is 13.8 Å². The number of benzene rings is 1. The number of aromatic nitrogens is 1. The van der Waals surface area contributed by atoms with Crippen LogP contribution in [0.4, 0.5) is 11.4 Å². The average molecular weight is 798 g/mol. The number of halogens is 2. The van der Waals surface area contributed by atoms with E-state index < -0.39 is 11.5 Å². The number of amides is 4. The van der Waals surface area contributed by atoms with Crippen LogP contribution in [0.3, 0.4) is 0 Å². The van der Waals surface area contributed by atoms with Crippen molar-refractivity contribution in [2.75, 3.05) is 36.4 Å². The second-order valence-electron chi connectivity index (χ2n) is 15.6. The van der Waals surface area contributed by atoms with E-state index in [4.69, 9.17) is 23.8 Å². The zero-order chi connectivity index (χ0) is 38.0. The van der Waals surface area contributed by atoms with Gasteiger partial charge in [0.15, 0.2) is 5.11 Å². The Balaban J connectivity index is 0.00000561. The fraction of sp³-hybridized carbons (Fsp3) is 0.564. The number of nitrogens with one attached hydrogen (secondary N) is 2. The van der Waals surface area contributed by atoms with Gasteiger partial charge >= 0.3 is 0 Å². The van der Waals surface area contributed by atoms with Gasteiger partial charge in [-0.05, 0) is 128 Å². The molecular weight excluding hydrogens is 747 g/mol. The maximum Gasteiger partial charge on any atom is 0.258 e. The van der Waals surface area contributed by atoms with Crippen LogP contribution in [-0.2, 0) is 19.2 Å². The molecule has 15 heteroatoms. The number of anilines is 2. The summed E-state index contributed by atoms with van der Waals surface area (Å²) in [4.78, 5) is 63.2. The highest BCUT2D eigenvalue weighted by Gasteiger charge is 2.52. The van der Waals surface area contributed by atoms with Crippen molar-refractivity contribution in [1.29, 1.82) is 5.26 Å². The molecule has 54 heavy (non-hydrogen) atoms. The Labute approximate surface area is 334 Å². The molecule has 1 aliphatic carbocycles. The van der Waals surface area contributed by atoms with Gasteiger partial charge in [-0.2, -0.15) is 5.26 Å². The Morgan fingerprint density at radius 3 is 2.39 bits per heavy atom. The number of hydrogen-bond donors (Lipinski definition) is 2. The van der Waals surface area contributed by atoms with Crippen LogP contribution in [0.1, 0.15) is 96.2 Å². The molecule has 290 valence electrons. The number of pyridine rings is 1. The van der Waals surface area contributed by atoms with E-state index in [-0.39, 0.29) is 60.7 Å². The van der Waals surface area contributed by atoms with Gasteiger partial charge < -0.3 is 15.1 Å². The van der Waals surface area contributed by atoms with Crippen LogP contribution in [0.25, 0.3) is 0 Å². The van der Waals surface area contributed by atoms with Crippen molar-refractivity contribution < 1.29 is 19.2 Å². The maximum absolute atomic E-state index is 13.6. The second-order valence-corrected chi connectivity index (χ2v) is 16.4. The summed E-state index contributed by atoms with van der Waals surface area (Å²) in [5, 5.41) is 15.4. The molecule has 0 spiro atoms. The van der Waals surface area contributed by atoms with Crippen LogP contribution in [-0.4, -0.2) is 98.3 Å². The molecule has 3 aliphatic heterocycles. The summed E-state index contributed by atoms with van der Waals surface area (Å²) in [7, 11) is 0. The molecule has 1 unspecified atom stereocenters.